The third kappa shape index (κ3) is 2.80. The fourth-order valence-electron chi connectivity index (χ4n) is 3.46. The highest BCUT2D eigenvalue weighted by molar-refractivity contribution is 5.93. The van der Waals surface area contributed by atoms with Crippen LogP contribution in [-0.4, -0.2) is 35.8 Å². The van der Waals surface area contributed by atoms with E-state index in [0.717, 1.165) is 37.2 Å². The molecular weight excluding hydrogens is 306 g/mol. The maximum absolute atomic E-state index is 11.5. The summed E-state index contributed by atoms with van der Waals surface area (Å²) in [7, 11) is 0. The topological polar surface area (TPSA) is 85.6 Å². The van der Waals surface area contributed by atoms with Crippen molar-refractivity contribution in [3.05, 3.63) is 17.2 Å². The summed E-state index contributed by atoms with van der Waals surface area (Å²) in [5.74, 6) is 0.406. The first-order chi connectivity index (χ1) is 11.3. The molecule has 1 atom stereocenters. The Morgan fingerprint density at radius 1 is 1.46 bits per heavy atom. The Labute approximate surface area is 142 Å². The number of anilines is 2. The number of fused-ring (bicyclic) bond motifs is 1. The van der Waals surface area contributed by atoms with Crippen molar-refractivity contribution in [2.24, 2.45) is 0 Å². The molecule has 0 radical (unpaired) electrons. The molecule has 24 heavy (non-hydrogen) atoms. The van der Waals surface area contributed by atoms with E-state index in [2.05, 4.69) is 16.3 Å². The average molecular weight is 329 g/mol. The summed E-state index contributed by atoms with van der Waals surface area (Å²) in [6.45, 7) is 6.83. The minimum Gasteiger partial charge on any atom is -0.485 e. The number of aliphatic hydroxyl groups excluding tert-OH is 1. The van der Waals surface area contributed by atoms with Crippen LogP contribution in [0, 0.1) is 11.3 Å². The molecule has 0 unspecified atom stereocenters. The Hall–Kier alpha value is -2.26. The van der Waals surface area contributed by atoms with Crippen molar-refractivity contribution in [2.45, 2.75) is 51.7 Å². The summed E-state index contributed by atoms with van der Waals surface area (Å²) >= 11 is 0. The quantitative estimate of drug-likeness (QED) is 0.869. The molecule has 2 aliphatic rings. The van der Waals surface area contributed by atoms with Gasteiger partial charge in [-0.1, -0.05) is 0 Å². The number of nitrogens with one attached hydrogen (secondary N) is 1. The number of rotatable bonds is 2. The van der Waals surface area contributed by atoms with Crippen LogP contribution in [0.5, 0.6) is 5.75 Å². The molecule has 128 valence electrons. The van der Waals surface area contributed by atoms with Gasteiger partial charge in [0.2, 0.25) is 5.91 Å². The molecule has 1 aromatic carbocycles. The fourth-order valence-corrected chi connectivity index (χ4v) is 3.46. The molecule has 0 aromatic heterocycles. The maximum Gasteiger partial charge on any atom is 0.221 e. The minimum atomic E-state index is -0.711. The first-order valence-electron chi connectivity index (χ1n) is 8.33. The lowest BCUT2D eigenvalue weighted by Crippen LogP contribution is -2.46. The molecule has 3 rings (SSSR count). The zero-order valence-corrected chi connectivity index (χ0v) is 14.3. The summed E-state index contributed by atoms with van der Waals surface area (Å²) < 4.78 is 6.02. The normalized spacial score (nSPS) is 21.6. The Balaban J connectivity index is 2.20. The molecule has 6 heteroatoms. The molecule has 1 amide bonds. The number of carbonyl (C=O) groups is 1. The van der Waals surface area contributed by atoms with Gasteiger partial charge in [-0.3, -0.25) is 4.79 Å². The second-order valence-corrected chi connectivity index (χ2v) is 7.04. The predicted octanol–water partition coefficient (Wildman–Crippen LogP) is 2.19. The number of hydrogen-bond donors (Lipinski definition) is 2. The average Bonchev–Trinajstić information content (AvgIpc) is 3.00. The Kier molecular flexibility index (Phi) is 4.14. The lowest BCUT2D eigenvalue weighted by molar-refractivity contribution is -0.114. The molecule has 2 aliphatic heterocycles. The highest BCUT2D eigenvalue weighted by atomic mass is 16.5. The van der Waals surface area contributed by atoms with Crippen LogP contribution in [0.3, 0.4) is 0 Å². The number of nitrogens with zero attached hydrogens (tertiary/aromatic N) is 2. The van der Waals surface area contributed by atoms with Gasteiger partial charge in [-0.25, -0.2) is 0 Å². The predicted molar refractivity (Wildman–Crippen MR) is 91.3 cm³/mol. The van der Waals surface area contributed by atoms with Gasteiger partial charge in [0.1, 0.15) is 17.4 Å². The summed E-state index contributed by atoms with van der Waals surface area (Å²) in [6.07, 6.45) is 1.92. The van der Waals surface area contributed by atoms with E-state index in [-0.39, 0.29) is 5.91 Å². The van der Waals surface area contributed by atoms with Crippen LogP contribution in [0.2, 0.25) is 0 Å². The standard InChI is InChI=1S/C18H23N3O3/c1-11(22)20-14-9-15-12(8-16(23)18(2,3)24-15)17(13(14)10-19)21-6-4-5-7-21/h9,16,23H,4-8H2,1-3H3,(H,20,22)/t16-/m0/s1. The van der Waals surface area contributed by atoms with Crippen molar-refractivity contribution >= 4 is 17.3 Å². The second-order valence-electron chi connectivity index (χ2n) is 7.04. The van der Waals surface area contributed by atoms with E-state index >= 15 is 0 Å². The molecule has 0 bridgehead atoms. The van der Waals surface area contributed by atoms with E-state index in [1.165, 1.54) is 6.92 Å². The third-order valence-corrected chi connectivity index (χ3v) is 4.78. The van der Waals surface area contributed by atoms with E-state index < -0.39 is 11.7 Å². The summed E-state index contributed by atoms with van der Waals surface area (Å²) in [5.41, 5.74) is 1.86. The van der Waals surface area contributed by atoms with Crippen LogP contribution >= 0.6 is 0 Å². The van der Waals surface area contributed by atoms with E-state index in [9.17, 15) is 15.2 Å². The van der Waals surface area contributed by atoms with Crippen LogP contribution < -0.4 is 15.0 Å². The highest BCUT2D eigenvalue weighted by Gasteiger charge is 2.39. The van der Waals surface area contributed by atoms with E-state index in [1.54, 1.807) is 6.07 Å². The SMILES string of the molecule is CC(=O)Nc1cc2c(c(N3CCCC3)c1C#N)C[C@H](O)C(C)(C)O2. The molecule has 1 saturated heterocycles. The maximum atomic E-state index is 11.5. The third-order valence-electron chi connectivity index (χ3n) is 4.78. The number of nitriles is 1. The van der Waals surface area contributed by atoms with Crippen molar-refractivity contribution < 1.29 is 14.6 Å². The molecule has 2 heterocycles. The lowest BCUT2D eigenvalue weighted by Gasteiger charge is -2.39. The Morgan fingerprint density at radius 2 is 2.12 bits per heavy atom. The summed E-state index contributed by atoms with van der Waals surface area (Å²) in [6, 6.07) is 3.95. The number of carbonyl (C=O) groups excluding carboxylic acids is 1. The molecule has 0 aliphatic carbocycles. The van der Waals surface area contributed by atoms with Gasteiger partial charge >= 0.3 is 0 Å². The highest BCUT2D eigenvalue weighted by Crippen LogP contribution is 2.44. The van der Waals surface area contributed by atoms with E-state index in [1.807, 2.05) is 13.8 Å². The molecule has 0 spiro atoms. The summed E-state index contributed by atoms with van der Waals surface area (Å²) in [5, 5.41) is 22.9. The van der Waals surface area contributed by atoms with Gasteiger partial charge in [-0.05, 0) is 26.7 Å². The molecule has 0 saturated carbocycles. The zero-order valence-electron chi connectivity index (χ0n) is 14.3. The van der Waals surface area contributed by atoms with Crippen LogP contribution in [-0.2, 0) is 11.2 Å². The number of aliphatic hydroxyl groups is 1. The lowest BCUT2D eigenvalue weighted by atomic mass is 9.88. The molecular formula is C18H23N3O3. The molecule has 2 N–H and O–H groups in total. The zero-order chi connectivity index (χ0) is 17.5. The monoisotopic (exact) mass is 329 g/mol. The fraction of sp³-hybridized carbons (Fsp3) is 0.556. The van der Waals surface area contributed by atoms with Gasteiger partial charge < -0.3 is 20.1 Å². The molecule has 1 fully saturated rings. The van der Waals surface area contributed by atoms with Gasteiger partial charge in [0.15, 0.2) is 0 Å². The van der Waals surface area contributed by atoms with Crippen molar-refractivity contribution in [2.75, 3.05) is 23.3 Å². The number of amides is 1. The van der Waals surface area contributed by atoms with Gasteiger partial charge in [0, 0.05) is 38.1 Å². The van der Waals surface area contributed by atoms with Crippen LogP contribution in [0.1, 0.15) is 44.7 Å². The first kappa shape index (κ1) is 16.6. The van der Waals surface area contributed by atoms with Crippen LogP contribution in [0.4, 0.5) is 11.4 Å². The molecule has 6 nitrogen and oxygen atoms in total. The van der Waals surface area contributed by atoms with Crippen molar-refractivity contribution in [1.82, 2.24) is 0 Å². The smallest absolute Gasteiger partial charge is 0.221 e. The van der Waals surface area contributed by atoms with Crippen molar-refractivity contribution in [3.8, 4) is 11.8 Å². The largest absolute Gasteiger partial charge is 0.485 e. The van der Waals surface area contributed by atoms with Gasteiger partial charge in [-0.15, -0.1) is 0 Å². The van der Waals surface area contributed by atoms with E-state index in [4.69, 9.17) is 4.74 Å². The first-order valence-corrected chi connectivity index (χ1v) is 8.33. The van der Waals surface area contributed by atoms with Gasteiger partial charge in [-0.2, -0.15) is 5.26 Å². The van der Waals surface area contributed by atoms with Crippen molar-refractivity contribution in [1.29, 1.82) is 5.26 Å². The van der Waals surface area contributed by atoms with Crippen molar-refractivity contribution in [3.63, 3.8) is 0 Å². The second kappa shape index (κ2) is 5.99. The van der Waals surface area contributed by atoms with E-state index in [0.29, 0.717) is 23.4 Å². The van der Waals surface area contributed by atoms with Gasteiger partial charge in [0.25, 0.3) is 0 Å². The minimum absolute atomic E-state index is 0.228. The number of benzene rings is 1. The summed E-state index contributed by atoms with van der Waals surface area (Å²) in [4.78, 5) is 13.7. The van der Waals surface area contributed by atoms with Gasteiger partial charge in [0.05, 0.1) is 23.0 Å². The molecule has 1 aromatic rings. The number of ether oxygens (including phenoxy) is 1. The Morgan fingerprint density at radius 3 is 2.71 bits per heavy atom. The number of hydrogen-bond acceptors (Lipinski definition) is 5. The Bertz CT molecular complexity index is 715. The van der Waals surface area contributed by atoms with Crippen LogP contribution in [0.25, 0.3) is 0 Å². The van der Waals surface area contributed by atoms with Crippen LogP contribution in [0.15, 0.2) is 6.07 Å².